The monoisotopic (exact) mass is 709 g/mol. The first-order valence-electron chi connectivity index (χ1n) is 17.4. The van der Waals surface area contributed by atoms with Gasteiger partial charge in [0.2, 0.25) is 11.9 Å². The number of pyridine rings is 1. The zero-order valence-corrected chi connectivity index (χ0v) is 30.2. The van der Waals surface area contributed by atoms with Gasteiger partial charge in [-0.05, 0) is 66.0 Å². The van der Waals surface area contributed by atoms with Crippen molar-refractivity contribution in [2.45, 2.75) is 57.3 Å². The van der Waals surface area contributed by atoms with Crippen LogP contribution in [-0.4, -0.2) is 112 Å². The number of halogens is 1. The highest BCUT2D eigenvalue weighted by Crippen LogP contribution is 2.45. The van der Waals surface area contributed by atoms with Crippen molar-refractivity contribution in [2.24, 2.45) is 5.92 Å². The second-order valence-corrected chi connectivity index (χ2v) is 16.1. The molecule has 12 nitrogen and oxygen atoms in total. The van der Waals surface area contributed by atoms with Crippen LogP contribution in [0.2, 0.25) is 0 Å². The minimum atomic E-state index is -3.09. The van der Waals surface area contributed by atoms with Crippen LogP contribution in [0, 0.1) is 5.92 Å². The van der Waals surface area contributed by atoms with Crippen LogP contribution in [0.4, 0.5) is 27.7 Å². The van der Waals surface area contributed by atoms with Crippen molar-refractivity contribution in [1.29, 1.82) is 0 Å². The molecule has 0 bridgehead atoms. The Morgan fingerprint density at radius 1 is 1.10 bits per heavy atom. The highest BCUT2D eigenvalue weighted by molar-refractivity contribution is 7.90. The Labute approximate surface area is 294 Å². The van der Waals surface area contributed by atoms with Crippen LogP contribution in [0.5, 0.6) is 0 Å². The van der Waals surface area contributed by atoms with Gasteiger partial charge in [0.05, 0.1) is 37.7 Å². The van der Waals surface area contributed by atoms with E-state index >= 15 is 4.39 Å². The van der Waals surface area contributed by atoms with E-state index < -0.39 is 22.1 Å². The summed E-state index contributed by atoms with van der Waals surface area (Å²) in [6, 6.07) is 5.88. The minimum Gasteiger partial charge on any atom is -0.382 e. The van der Waals surface area contributed by atoms with Gasteiger partial charge >= 0.3 is 0 Å². The van der Waals surface area contributed by atoms with Crippen LogP contribution in [0.1, 0.15) is 56.2 Å². The van der Waals surface area contributed by atoms with E-state index in [1.54, 1.807) is 19.4 Å². The molecule has 14 heteroatoms. The van der Waals surface area contributed by atoms with Crippen molar-refractivity contribution in [1.82, 2.24) is 19.9 Å². The van der Waals surface area contributed by atoms with Crippen LogP contribution >= 0.6 is 0 Å². The lowest BCUT2D eigenvalue weighted by molar-refractivity contribution is -0.126. The molecule has 2 aromatic heterocycles. The molecule has 3 fully saturated rings. The lowest BCUT2D eigenvalue weighted by atomic mass is 9.85. The zero-order valence-electron chi connectivity index (χ0n) is 29.3. The Balaban J connectivity index is 1.32. The number of nitrogens with one attached hydrogen (secondary N) is 1. The number of benzene rings is 1. The van der Waals surface area contributed by atoms with E-state index in [0.717, 1.165) is 40.4 Å². The van der Waals surface area contributed by atoms with Gasteiger partial charge in [-0.25, -0.2) is 22.8 Å². The summed E-state index contributed by atoms with van der Waals surface area (Å²) in [4.78, 5) is 32.9. The highest BCUT2D eigenvalue weighted by atomic mass is 32.2. The number of anilines is 4. The maximum absolute atomic E-state index is 15.0. The number of likely N-dealkylation sites (tertiary alicyclic amines) is 1. The van der Waals surface area contributed by atoms with Gasteiger partial charge in [0.1, 0.15) is 27.6 Å². The van der Waals surface area contributed by atoms with Gasteiger partial charge < -0.3 is 29.5 Å². The fourth-order valence-corrected chi connectivity index (χ4v) is 8.67. The number of sulfone groups is 1. The maximum atomic E-state index is 15.0. The van der Waals surface area contributed by atoms with Gasteiger partial charge in [0, 0.05) is 68.9 Å². The second-order valence-electron chi connectivity index (χ2n) is 13.9. The number of amides is 1. The van der Waals surface area contributed by atoms with Crippen molar-refractivity contribution in [3.63, 3.8) is 0 Å². The molecule has 270 valence electrons. The number of piperidine rings is 1. The molecule has 6 rings (SSSR count). The summed E-state index contributed by atoms with van der Waals surface area (Å²) in [5, 5.41) is 5.33. The van der Waals surface area contributed by atoms with E-state index in [2.05, 4.69) is 41.7 Å². The molecular weight excluding hydrogens is 662 g/mol. The van der Waals surface area contributed by atoms with E-state index in [4.69, 9.17) is 19.4 Å². The number of hydrogen-bond acceptors (Lipinski definition) is 11. The Bertz CT molecular complexity index is 1820. The van der Waals surface area contributed by atoms with Crippen LogP contribution in [-0.2, 0) is 24.1 Å². The molecule has 3 aromatic rings. The van der Waals surface area contributed by atoms with Gasteiger partial charge in [-0.3, -0.25) is 4.79 Å². The zero-order chi connectivity index (χ0) is 35.6. The van der Waals surface area contributed by atoms with Crippen molar-refractivity contribution >= 4 is 49.8 Å². The molecule has 0 unspecified atom stereocenters. The number of carbonyl (C=O) groups is 1. The average Bonchev–Trinajstić information content (AvgIpc) is 3.55. The summed E-state index contributed by atoms with van der Waals surface area (Å²) in [5.41, 5.74) is 3.23. The summed E-state index contributed by atoms with van der Waals surface area (Å²) in [5.74, 6) is 1.81. The minimum absolute atomic E-state index is 0.0566. The number of nitrogens with zero attached hydrogens (tertiary/aromatic N) is 6. The Hall–Kier alpha value is -3.88. The Kier molecular flexibility index (Phi) is 10.9. The SMILES string of the molecule is C=CC(=O)N1CCC[C@@H]1c1cc(N2CC(CS(C)(=O)=O)C2)c2cnc(Nc3ccnc(N4CC[C@@H](OCCOC)[C@@H](F)C4)n3)cc2c1C(C)C. The molecule has 5 heterocycles. The third-order valence-corrected chi connectivity index (χ3v) is 10.9. The van der Waals surface area contributed by atoms with E-state index in [1.165, 1.54) is 12.3 Å². The van der Waals surface area contributed by atoms with Crippen LogP contribution < -0.4 is 15.1 Å². The molecule has 1 N–H and O–H groups in total. The standard InChI is InChI=1S/C36H48FN7O5S/c1-6-34(45)44-12-7-8-29(44)26-16-30(43-19-24(20-43)22-50(5,46)47)27-18-39-33(17-25(27)35(26)23(2)3)40-32-9-11-38-36(41-32)42-13-10-31(28(37)21-42)49-15-14-48-4/h6,9,11,16-18,23-24,28-29,31H,1,7-8,10,12-15,19-22H2,2-5H3,(H,38,39,40,41)/t28-,29+,31+/m0/s1. The van der Waals surface area contributed by atoms with Crippen molar-refractivity contribution in [2.75, 3.05) is 80.2 Å². The predicted molar refractivity (Wildman–Crippen MR) is 194 cm³/mol. The van der Waals surface area contributed by atoms with Gasteiger partial charge in [0.15, 0.2) is 0 Å². The summed E-state index contributed by atoms with van der Waals surface area (Å²) in [6.07, 6.45) is 6.78. The summed E-state index contributed by atoms with van der Waals surface area (Å²) in [6.45, 7) is 11.5. The number of methoxy groups -OCH3 is 1. The predicted octanol–water partition coefficient (Wildman–Crippen LogP) is 4.80. The Morgan fingerprint density at radius 3 is 2.60 bits per heavy atom. The number of fused-ring (bicyclic) bond motifs is 1. The normalized spacial score (nSPS) is 21.6. The quantitative estimate of drug-likeness (QED) is 0.194. The number of aromatic nitrogens is 3. The molecule has 3 aliphatic rings. The van der Waals surface area contributed by atoms with Crippen molar-refractivity contribution < 1.29 is 27.1 Å². The maximum Gasteiger partial charge on any atom is 0.246 e. The fraction of sp³-hybridized carbons (Fsp3) is 0.556. The van der Waals surface area contributed by atoms with Gasteiger partial charge in [-0.1, -0.05) is 20.4 Å². The molecule has 50 heavy (non-hydrogen) atoms. The first kappa shape index (κ1) is 35.9. The largest absolute Gasteiger partial charge is 0.382 e. The van der Waals surface area contributed by atoms with Crippen LogP contribution in [0.15, 0.2) is 43.2 Å². The van der Waals surface area contributed by atoms with Crippen LogP contribution in [0.25, 0.3) is 10.8 Å². The van der Waals surface area contributed by atoms with E-state index in [-0.39, 0.29) is 36.1 Å². The second kappa shape index (κ2) is 15.2. The molecule has 0 aliphatic carbocycles. The third kappa shape index (κ3) is 7.87. The lowest BCUT2D eigenvalue weighted by Gasteiger charge is -2.42. The highest BCUT2D eigenvalue weighted by Gasteiger charge is 2.36. The first-order chi connectivity index (χ1) is 24.0. The molecule has 0 spiro atoms. The van der Waals surface area contributed by atoms with Crippen molar-refractivity contribution in [3.05, 3.63) is 54.4 Å². The molecule has 3 atom stereocenters. The van der Waals surface area contributed by atoms with Gasteiger partial charge in [0.25, 0.3) is 0 Å². The Morgan fingerprint density at radius 2 is 1.90 bits per heavy atom. The average molecular weight is 710 g/mol. The van der Waals surface area contributed by atoms with Crippen molar-refractivity contribution in [3.8, 4) is 0 Å². The topological polar surface area (TPSA) is 130 Å². The molecule has 0 saturated carbocycles. The number of alkyl halides is 1. The summed E-state index contributed by atoms with van der Waals surface area (Å²) < 4.78 is 49.7. The lowest BCUT2D eigenvalue weighted by Crippen LogP contribution is -2.49. The third-order valence-electron chi connectivity index (χ3n) is 9.84. The van der Waals surface area contributed by atoms with E-state index in [9.17, 15) is 13.2 Å². The fourth-order valence-electron chi connectivity index (χ4n) is 7.60. The molecule has 3 aliphatic heterocycles. The number of carbonyl (C=O) groups excluding carboxylic acids is 1. The van der Waals surface area contributed by atoms with Gasteiger partial charge in [-0.15, -0.1) is 0 Å². The number of rotatable bonds is 13. The summed E-state index contributed by atoms with van der Waals surface area (Å²) in [7, 11) is -1.50. The number of ether oxygens (including phenoxy) is 2. The van der Waals surface area contributed by atoms with E-state index in [1.807, 2.05) is 22.1 Å². The molecular formula is C36H48FN7O5S. The van der Waals surface area contributed by atoms with Gasteiger partial charge in [-0.2, -0.15) is 4.98 Å². The molecule has 1 amide bonds. The van der Waals surface area contributed by atoms with E-state index in [0.29, 0.717) is 63.4 Å². The number of hydrogen-bond donors (Lipinski definition) is 1. The molecule has 3 saturated heterocycles. The smallest absolute Gasteiger partial charge is 0.246 e. The first-order valence-corrected chi connectivity index (χ1v) is 19.4. The summed E-state index contributed by atoms with van der Waals surface area (Å²) >= 11 is 0. The van der Waals surface area contributed by atoms with Crippen LogP contribution in [0.3, 0.4) is 0 Å². The molecule has 1 aromatic carbocycles. The molecule has 0 radical (unpaired) electrons.